The normalized spacial score (nSPS) is 11.5. The SMILES string of the molecule is COC(=O)c1nc(-c2ccc(C(F)(F)F)c(F)c2)c(F)c(N)c1I. The average Bonchev–Trinajstić information content (AvgIpc) is 2.51. The molecule has 0 bridgehead atoms. The number of esters is 1. The summed E-state index contributed by atoms with van der Waals surface area (Å²) in [6.45, 7) is 0. The van der Waals surface area contributed by atoms with E-state index < -0.39 is 40.7 Å². The molecule has 1 aromatic heterocycles. The van der Waals surface area contributed by atoms with Gasteiger partial charge in [0.25, 0.3) is 0 Å². The van der Waals surface area contributed by atoms with Crippen LogP contribution in [0.5, 0.6) is 0 Å². The zero-order valence-corrected chi connectivity index (χ0v) is 14.0. The zero-order valence-electron chi connectivity index (χ0n) is 11.8. The maximum absolute atomic E-state index is 14.3. The van der Waals surface area contributed by atoms with Gasteiger partial charge in [-0.3, -0.25) is 0 Å². The number of ether oxygens (including phenoxy) is 1. The predicted octanol–water partition coefficient (Wildman–Crippen LogP) is 4.02. The Hall–Kier alpha value is -1.98. The van der Waals surface area contributed by atoms with Crippen molar-refractivity contribution in [2.24, 2.45) is 0 Å². The van der Waals surface area contributed by atoms with E-state index in [4.69, 9.17) is 5.73 Å². The lowest BCUT2D eigenvalue weighted by molar-refractivity contribution is -0.139. The van der Waals surface area contributed by atoms with E-state index in [1.165, 1.54) is 0 Å². The highest BCUT2D eigenvalue weighted by Crippen LogP contribution is 2.35. The highest BCUT2D eigenvalue weighted by molar-refractivity contribution is 14.1. The molecule has 0 aliphatic carbocycles. The van der Waals surface area contributed by atoms with E-state index in [2.05, 4.69) is 9.72 Å². The number of carbonyl (C=O) groups is 1. The number of nitrogens with zero attached hydrogens (tertiary/aromatic N) is 1. The second-order valence-electron chi connectivity index (χ2n) is 4.53. The van der Waals surface area contributed by atoms with Gasteiger partial charge in [0.1, 0.15) is 11.5 Å². The summed E-state index contributed by atoms with van der Waals surface area (Å²) in [5.41, 5.74) is 2.42. The van der Waals surface area contributed by atoms with Gasteiger partial charge in [0.05, 0.1) is 21.9 Å². The Morgan fingerprint density at radius 2 is 1.92 bits per heavy atom. The van der Waals surface area contributed by atoms with E-state index in [-0.39, 0.29) is 14.8 Å². The lowest BCUT2D eigenvalue weighted by Crippen LogP contribution is -2.13. The molecule has 0 atom stereocenters. The summed E-state index contributed by atoms with van der Waals surface area (Å²) < 4.78 is 70.2. The number of hydrogen-bond acceptors (Lipinski definition) is 4. The summed E-state index contributed by atoms with van der Waals surface area (Å²) in [4.78, 5) is 15.4. The molecular weight excluding hydrogens is 450 g/mol. The first-order valence-electron chi connectivity index (χ1n) is 6.17. The molecule has 24 heavy (non-hydrogen) atoms. The van der Waals surface area contributed by atoms with E-state index in [1.54, 1.807) is 22.6 Å². The average molecular weight is 458 g/mol. The fourth-order valence-corrected chi connectivity index (χ4v) is 2.45. The molecule has 2 rings (SSSR count). The quantitative estimate of drug-likeness (QED) is 0.420. The topological polar surface area (TPSA) is 65.2 Å². The van der Waals surface area contributed by atoms with Crippen molar-refractivity contribution in [3.63, 3.8) is 0 Å². The number of anilines is 1. The van der Waals surface area contributed by atoms with Gasteiger partial charge in [-0.1, -0.05) is 6.07 Å². The number of nitrogens with two attached hydrogens (primary N) is 1. The van der Waals surface area contributed by atoms with Crippen LogP contribution in [-0.4, -0.2) is 18.1 Å². The molecule has 10 heteroatoms. The van der Waals surface area contributed by atoms with E-state index in [1.807, 2.05) is 0 Å². The van der Waals surface area contributed by atoms with Gasteiger partial charge in [0, 0.05) is 5.56 Å². The van der Waals surface area contributed by atoms with Crippen molar-refractivity contribution in [1.29, 1.82) is 0 Å². The zero-order chi connectivity index (χ0) is 18.2. The number of pyridine rings is 1. The second kappa shape index (κ2) is 6.49. The predicted molar refractivity (Wildman–Crippen MR) is 83.1 cm³/mol. The number of carbonyl (C=O) groups excluding carboxylic acids is 1. The lowest BCUT2D eigenvalue weighted by Gasteiger charge is -2.12. The van der Waals surface area contributed by atoms with Crippen LogP contribution in [0.3, 0.4) is 0 Å². The van der Waals surface area contributed by atoms with Crippen molar-refractivity contribution in [3.05, 3.63) is 44.7 Å². The second-order valence-corrected chi connectivity index (χ2v) is 5.61. The molecule has 0 fully saturated rings. The first-order chi connectivity index (χ1) is 11.1. The highest BCUT2D eigenvalue weighted by atomic mass is 127. The van der Waals surface area contributed by atoms with E-state index in [0.29, 0.717) is 12.1 Å². The van der Waals surface area contributed by atoms with Gasteiger partial charge in [-0.25, -0.2) is 18.6 Å². The van der Waals surface area contributed by atoms with Crippen molar-refractivity contribution in [2.75, 3.05) is 12.8 Å². The number of halogens is 6. The number of rotatable bonds is 2. The van der Waals surface area contributed by atoms with Crippen LogP contribution in [0, 0.1) is 15.2 Å². The molecule has 0 saturated carbocycles. The van der Waals surface area contributed by atoms with Gasteiger partial charge < -0.3 is 10.5 Å². The van der Waals surface area contributed by atoms with Gasteiger partial charge in [-0.15, -0.1) is 0 Å². The van der Waals surface area contributed by atoms with Gasteiger partial charge in [0.15, 0.2) is 11.5 Å². The van der Waals surface area contributed by atoms with Crippen LogP contribution >= 0.6 is 22.6 Å². The maximum Gasteiger partial charge on any atom is 0.419 e. The summed E-state index contributed by atoms with van der Waals surface area (Å²) in [7, 11) is 1.07. The smallest absolute Gasteiger partial charge is 0.419 e. The third-order valence-corrected chi connectivity index (χ3v) is 4.13. The van der Waals surface area contributed by atoms with Crippen molar-refractivity contribution < 1.29 is 31.5 Å². The molecule has 1 aromatic carbocycles. The molecule has 0 radical (unpaired) electrons. The molecule has 2 N–H and O–H groups in total. The van der Waals surface area contributed by atoms with Gasteiger partial charge in [0.2, 0.25) is 0 Å². The third-order valence-electron chi connectivity index (χ3n) is 3.04. The summed E-state index contributed by atoms with van der Waals surface area (Å²) in [5, 5.41) is 0. The summed E-state index contributed by atoms with van der Waals surface area (Å²) in [6.07, 6.45) is -4.89. The highest BCUT2D eigenvalue weighted by Gasteiger charge is 2.34. The van der Waals surface area contributed by atoms with Gasteiger partial charge >= 0.3 is 12.1 Å². The van der Waals surface area contributed by atoms with Crippen LogP contribution in [0.15, 0.2) is 18.2 Å². The Morgan fingerprint density at radius 3 is 2.42 bits per heavy atom. The van der Waals surface area contributed by atoms with Gasteiger partial charge in [-0.05, 0) is 34.7 Å². The summed E-state index contributed by atoms with van der Waals surface area (Å²) >= 11 is 1.58. The third kappa shape index (κ3) is 3.28. The maximum atomic E-state index is 14.3. The van der Waals surface area contributed by atoms with Crippen LogP contribution in [-0.2, 0) is 10.9 Å². The summed E-state index contributed by atoms with van der Waals surface area (Å²) in [6, 6.07) is 1.77. The minimum atomic E-state index is -4.89. The van der Waals surface area contributed by atoms with Gasteiger partial charge in [-0.2, -0.15) is 13.2 Å². The lowest BCUT2D eigenvalue weighted by atomic mass is 10.1. The van der Waals surface area contributed by atoms with Crippen molar-refractivity contribution in [3.8, 4) is 11.3 Å². The number of hydrogen-bond donors (Lipinski definition) is 1. The molecule has 2 aromatic rings. The number of alkyl halides is 3. The van der Waals surface area contributed by atoms with Crippen LogP contribution in [0.4, 0.5) is 27.6 Å². The Balaban J connectivity index is 2.67. The minimum Gasteiger partial charge on any atom is -0.464 e. The fourth-order valence-electron chi connectivity index (χ4n) is 1.88. The summed E-state index contributed by atoms with van der Waals surface area (Å²) in [5.74, 6) is -3.59. The molecule has 128 valence electrons. The Morgan fingerprint density at radius 1 is 1.29 bits per heavy atom. The first kappa shape index (κ1) is 18.4. The number of benzene rings is 1. The Bertz CT molecular complexity index is 824. The van der Waals surface area contributed by atoms with E-state index in [0.717, 1.165) is 13.2 Å². The van der Waals surface area contributed by atoms with E-state index in [9.17, 15) is 26.7 Å². The monoisotopic (exact) mass is 458 g/mol. The van der Waals surface area contributed by atoms with Crippen molar-refractivity contribution >= 4 is 34.2 Å². The molecule has 4 nitrogen and oxygen atoms in total. The largest absolute Gasteiger partial charge is 0.464 e. The Labute approximate surface area is 146 Å². The number of aromatic nitrogens is 1. The molecule has 0 saturated heterocycles. The standard InChI is InChI=1S/C14H8F5IN2O2/c1-24-13(23)12-9(20)10(21)8(16)11(22-12)5-2-3-6(7(15)4-5)14(17,18)19/h2-4H,1H3,(H2,21,22). The molecule has 1 heterocycles. The number of methoxy groups -OCH3 is 1. The number of nitrogen functional groups attached to an aromatic ring is 1. The molecule has 0 unspecified atom stereocenters. The minimum absolute atomic E-state index is 0.0203. The van der Waals surface area contributed by atoms with Crippen molar-refractivity contribution in [1.82, 2.24) is 4.98 Å². The Kier molecular flexibility index (Phi) is 4.97. The fraction of sp³-hybridized carbons (Fsp3) is 0.143. The van der Waals surface area contributed by atoms with Crippen LogP contribution < -0.4 is 5.73 Å². The first-order valence-corrected chi connectivity index (χ1v) is 7.25. The molecule has 0 amide bonds. The molecular formula is C14H8F5IN2O2. The molecule has 0 spiro atoms. The van der Waals surface area contributed by atoms with Crippen LogP contribution in [0.2, 0.25) is 0 Å². The van der Waals surface area contributed by atoms with Crippen LogP contribution in [0.1, 0.15) is 16.1 Å². The van der Waals surface area contributed by atoms with Crippen LogP contribution in [0.25, 0.3) is 11.3 Å². The van der Waals surface area contributed by atoms with E-state index >= 15 is 0 Å². The molecule has 0 aliphatic heterocycles. The molecule has 0 aliphatic rings. The van der Waals surface area contributed by atoms with Crippen molar-refractivity contribution in [2.45, 2.75) is 6.18 Å².